The summed E-state index contributed by atoms with van der Waals surface area (Å²) < 4.78 is 5.39. The number of halogens is 2. The molecular formula is C21H21Cl2N5O2. The number of amides is 1. The summed E-state index contributed by atoms with van der Waals surface area (Å²) in [5, 5.41) is 8.04. The summed E-state index contributed by atoms with van der Waals surface area (Å²) in [7, 11) is 0. The van der Waals surface area contributed by atoms with E-state index in [2.05, 4.69) is 25.3 Å². The second-order valence-electron chi connectivity index (χ2n) is 7.23. The van der Waals surface area contributed by atoms with Gasteiger partial charge in [0.2, 0.25) is 17.6 Å². The largest absolute Gasteiger partial charge is 0.350 e. The number of rotatable bonds is 6. The van der Waals surface area contributed by atoms with Gasteiger partial charge in [-0.25, -0.2) is 0 Å². The molecule has 1 saturated heterocycles. The van der Waals surface area contributed by atoms with Crippen LogP contribution in [0, 0.1) is 5.92 Å². The molecule has 3 aromatic rings. The molecule has 0 aliphatic carbocycles. The van der Waals surface area contributed by atoms with Crippen molar-refractivity contribution in [1.29, 1.82) is 0 Å². The van der Waals surface area contributed by atoms with Crippen molar-refractivity contribution >= 4 is 29.1 Å². The molecule has 0 atom stereocenters. The van der Waals surface area contributed by atoms with Gasteiger partial charge in [-0.3, -0.25) is 14.7 Å². The van der Waals surface area contributed by atoms with Gasteiger partial charge in [0.1, 0.15) is 0 Å². The highest BCUT2D eigenvalue weighted by Crippen LogP contribution is 2.28. The van der Waals surface area contributed by atoms with Crippen LogP contribution in [0.1, 0.15) is 24.4 Å². The number of nitrogens with zero attached hydrogens (tertiary/aromatic N) is 4. The molecule has 1 aromatic carbocycles. The topological polar surface area (TPSA) is 84.2 Å². The minimum Gasteiger partial charge on any atom is -0.350 e. The first-order valence-corrected chi connectivity index (χ1v) is 10.5. The van der Waals surface area contributed by atoms with Crippen LogP contribution in [0.3, 0.4) is 0 Å². The molecule has 4 rings (SSSR count). The normalized spacial score (nSPS) is 15.3. The van der Waals surface area contributed by atoms with E-state index in [0.717, 1.165) is 31.6 Å². The highest BCUT2D eigenvalue weighted by Gasteiger charge is 2.26. The zero-order chi connectivity index (χ0) is 20.9. The van der Waals surface area contributed by atoms with E-state index in [-0.39, 0.29) is 11.8 Å². The number of hydrogen-bond acceptors (Lipinski definition) is 6. The zero-order valence-corrected chi connectivity index (χ0v) is 17.7. The standard InChI is InChI=1S/C21H21Cl2N5O2/c22-15-4-5-17(18(23)11-15)20-26-19(30-27-20)13-28-9-6-14(7-10-28)21(29)25-12-16-3-1-2-8-24-16/h1-5,8,11,14H,6-7,9-10,12-13H2,(H,25,29). The van der Waals surface area contributed by atoms with Crippen LogP contribution in [0.5, 0.6) is 0 Å². The Hall–Kier alpha value is -2.48. The van der Waals surface area contributed by atoms with Gasteiger partial charge in [-0.05, 0) is 56.3 Å². The van der Waals surface area contributed by atoms with Crippen LogP contribution in [-0.2, 0) is 17.9 Å². The number of carbonyl (C=O) groups excluding carboxylic acids is 1. The lowest BCUT2D eigenvalue weighted by molar-refractivity contribution is -0.126. The number of aromatic nitrogens is 3. The molecule has 7 nitrogen and oxygen atoms in total. The molecule has 0 saturated carbocycles. The van der Waals surface area contributed by atoms with Crippen molar-refractivity contribution in [2.75, 3.05) is 13.1 Å². The van der Waals surface area contributed by atoms with Gasteiger partial charge in [-0.15, -0.1) is 0 Å². The SMILES string of the molecule is O=C(NCc1ccccn1)C1CCN(Cc2nc(-c3ccc(Cl)cc3Cl)no2)CC1. The van der Waals surface area contributed by atoms with Gasteiger partial charge in [0.25, 0.3) is 0 Å². The van der Waals surface area contributed by atoms with E-state index in [1.54, 1.807) is 24.4 Å². The van der Waals surface area contributed by atoms with Crippen LogP contribution in [-0.4, -0.2) is 39.0 Å². The molecule has 0 unspecified atom stereocenters. The van der Waals surface area contributed by atoms with Gasteiger partial charge in [0.15, 0.2) is 0 Å². The van der Waals surface area contributed by atoms with Gasteiger partial charge < -0.3 is 9.84 Å². The van der Waals surface area contributed by atoms with Crippen LogP contribution in [0.2, 0.25) is 10.0 Å². The van der Waals surface area contributed by atoms with Crippen molar-refractivity contribution in [2.45, 2.75) is 25.9 Å². The number of hydrogen-bond donors (Lipinski definition) is 1. The summed E-state index contributed by atoms with van der Waals surface area (Å²) >= 11 is 12.2. The van der Waals surface area contributed by atoms with Crippen molar-refractivity contribution < 1.29 is 9.32 Å². The van der Waals surface area contributed by atoms with Crippen LogP contribution in [0.4, 0.5) is 0 Å². The second-order valence-corrected chi connectivity index (χ2v) is 8.07. The molecule has 2 aromatic heterocycles. The third-order valence-electron chi connectivity index (χ3n) is 5.13. The Morgan fingerprint density at radius 3 is 2.77 bits per heavy atom. The van der Waals surface area contributed by atoms with Crippen LogP contribution in [0.15, 0.2) is 47.1 Å². The number of nitrogens with one attached hydrogen (secondary N) is 1. The summed E-state index contributed by atoms with van der Waals surface area (Å²) in [5.74, 6) is 1.05. The molecule has 1 aliphatic heterocycles. The van der Waals surface area contributed by atoms with E-state index in [0.29, 0.717) is 40.4 Å². The molecule has 30 heavy (non-hydrogen) atoms. The lowest BCUT2D eigenvalue weighted by Gasteiger charge is -2.30. The minimum atomic E-state index is 0.0103. The molecule has 0 bridgehead atoms. The van der Waals surface area contributed by atoms with E-state index in [4.69, 9.17) is 27.7 Å². The van der Waals surface area contributed by atoms with Gasteiger partial charge in [0, 0.05) is 22.7 Å². The predicted octanol–water partition coefficient (Wildman–Crippen LogP) is 3.97. The van der Waals surface area contributed by atoms with E-state index >= 15 is 0 Å². The Balaban J connectivity index is 1.27. The van der Waals surface area contributed by atoms with Crippen LogP contribution in [0.25, 0.3) is 11.4 Å². The van der Waals surface area contributed by atoms with E-state index < -0.39 is 0 Å². The van der Waals surface area contributed by atoms with Crippen LogP contribution >= 0.6 is 23.2 Å². The summed E-state index contributed by atoms with van der Waals surface area (Å²) in [4.78, 5) is 23.3. The molecule has 3 heterocycles. The molecule has 1 aliphatic rings. The maximum Gasteiger partial charge on any atom is 0.241 e. The number of pyridine rings is 1. The Morgan fingerprint density at radius 1 is 1.20 bits per heavy atom. The smallest absolute Gasteiger partial charge is 0.241 e. The number of piperidine rings is 1. The van der Waals surface area contributed by atoms with Crippen LogP contribution < -0.4 is 5.32 Å². The number of likely N-dealkylation sites (tertiary alicyclic amines) is 1. The number of carbonyl (C=O) groups is 1. The molecule has 9 heteroatoms. The van der Waals surface area contributed by atoms with Crippen molar-refractivity contribution in [1.82, 2.24) is 25.3 Å². The zero-order valence-electron chi connectivity index (χ0n) is 16.2. The Bertz CT molecular complexity index is 1000. The summed E-state index contributed by atoms with van der Waals surface area (Å²) in [6.07, 6.45) is 3.31. The van der Waals surface area contributed by atoms with Gasteiger partial charge in [0.05, 0.1) is 23.8 Å². The first kappa shape index (κ1) is 20.8. The van der Waals surface area contributed by atoms with E-state index in [1.165, 1.54) is 0 Å². The monoisotopic (exact) mass is 445 g/mol. The average Bonchev–Trinajstić information content (AvgIpc) is 3.21. The molecule has 1 amide bonds. The Labute approximate surface area is 184 Å². The molecule has 156 valence electrons. The summed E-state index contributed by atoms with van der Waals surface area (Å²) in [6.45, 7) is 2.58. The Kier molecular flexibility index (Phi) is 6.62. The van der Waals surface area contributed by atoms with Gasteiger partial charge in [-0.1, -0.05) is 34.4 Å². The maximum atomic E-state index is 12.4. The fourth-order valence-electron chi connectivity index (χ4n) is 3.47. The molecule has 0 radical (unpaired) electrons. The summed E-state index contributed by atoms with van der Waals surface area (Å²) in [6, 6.07) is 10.8. The van der Waals surface area contributed by atoms with Gasteiger partial charge in [-0.2, -0.15) is 4.98 Å². The molecule has 0 spiro atoms. The van der Waals surface area contributed by atoms with Crippen molar-refractivity contribution in [3.63, 3.8) is 0 Å². The van der Waals surface area contributed by atoms with Crippen molar-refractivity contribution in [2.24, 2.45) is 5.92 Å². The first-order chi connectivity index (χ1) is 14.6. The second kappa shape index (κ2) is 9.55. The van der Waals surface area contributed by atoms with E-state index in [9.17, 15) is 4.79 Å². The summed E-state index contributed by atoms with van der Waals surface area (Å²) in [5.41, 5.74) is 1.54. The minimum absolute atomic E-state index is 0.0103. The van der Waals surface area contributed by atoms with Crippen molar-refractivity contribution in [3.05, 3.63) is 64.2 Å². The predicted molar refractivity (Wildman–Crippen MR) is 114 cm³/mol. The highest BCUT2D eigenvalue weighted by molar-refractivity contribution is 6.36. The molecule has 1 fully saturated rings. The fraction of sp³-hybridized carbons (Fsp3) is 0.333. The molecular weight excluding hydrogens is 425 g/mol. The molecule has 1 N–H and O–H groups in total. The van der Waals surface area contributed by atoms with E-state index in [1.807, 2.05) is 18.2 Å². The highest BCUT2D eigenvalue weighted by atomic mass is 35.5. The lowest BCUT2D eigenvalue weighted by Crippen LogP contribution is -2.40. The third kappa shape index (κ3) is 5.16. The maximum absolute atomic E-state index is 12.4. The van der Waals surface area contributed by atoms with Crippen molar-refractivity contribution in [3.8, 4) is 11.4 Å². The van der Waals surface area contributed by atoms with Gasteiger partial charge >= 0.3 is 0 Å². The third-order valence-corrected chi connectivity index (χ3v) is 5.68. The quantitative estimate of drug-likeness (QED) is 0.617. The average molecular weight is 446 g/mol. The fourth-order valence-corrected chi connectivity index (χ4v) is 3.96. The Morgan fingerprint density at radius 2 is 2.03 bits per heavy atom. The first-order valence-electron chi connectivity index (χ1n) is 9.76. The lowest BCUT2D eigenvalue weighted by atomic mass is 9.96. The number of benzene rings is 1.